The molecule has 0 heterocycles. The molecular weight excluding hydrogens is 234 g/mol. The summed E-state index contributed by atoms with van der Waals surface area (Å²) in [5.41, 5.74) is 1.20. The van der Waals surface area contributed by atoms with Gasteiger partial charge < -0.3 is 4.74 Å². The second kappa shape index (κ2) is 7.53. The van der Waals surface area contributed by atoms with Crippen LogP contribution in [0.4, 0.5) is 0 Å². The number of hydrogen-bond donors (Lipinski definition) is 0. The molecule has 0 aliphatic heterocycles. The summed E-state index contributed by atoms with van der Waals surface area (Å²) in [7, 11) is 0. The number of benzene rings is 1. The van der Waals surface area contributed by atoms with E-state index in [1.807, 2.05) is 36.4 Å². The average molecular weight is 247 g/mol. The maximum absolute atomic E-state index is 11.3. The third kappa shape index (κ3) is 4.75. The fraction of sp³-hybridized carbons (Fsp3) is 0.231. The molecule has 0 aromatic heterocycles. The number of carbonyl (C=O) groups is 1. The molecule has 0 fully saturated rings. The van der Waals surface area contributed by atoms with Crippen molar-refractivity contribution in [3.8, 4) is 6.07 Å². The molecule has 0 bridgehead atoms. The van der Waals surface area contributed by atoms with Crippen LogP contribution >= 0.6 is 11.8 Å². The second-order valence-corrected chi connectivity index (χ2v) is 4.02. The van der Waals surface area contributed by atoms with E-state index >= 15 is 0 Å². The van der Waals surface area contributed by atoms with Gasteiger partial charge in [-0.1, -0.05) is 30.3 Å². The molecule has 0 saturated carbocycles. The largest absolute Gasteiger partial charge is 0.462 e. The molecule has 88 valence electrons. The Morgan fingerprint density at radius 3 is 2.76 bits per heavy atom. The van der Waals surface area contributed by atoms with Crippen molar-refractivity contribution in [3.05, 3.63) is 46.9 Å². The SMILES string of the molecule is CCOC(=O)C(C#N)=CSCc1ccccc1. The lowest BCUT2D eigenvalue weighted by molar-refractivity contribution is -0.137. The lowest BCUT2D eigenvalue weighted by Gasteiger charge is -2.00. The first-order valence-corrected chi connectivity index (χ1v) is 6.25. The molecule has 0 radical (unpaired) electrons. The number of thioether (sulfide) groups is 1. The van der Waals surface area contributed by atoms with Crippen LogP contribution in [0.5, 0.6) is 0 Å². The van der Waals surface area contributed by atoms with Crippen molar-refractivity contribution in [1.29, 1.82) is 5.26 Å². The van der Waals surface area contributed by atoms with Crippen LogP contribution in [0.15, 0.2) is 41.3 Å². The first-order chi connectivity index (χ1) is 8.27. The number of ether oxygens (including phenoxy) is 1. The van der Waals surface area contributed by atoms with Gasteiger partial charge in [0.15, 0.2) is 0 Å². The Labute approximate surface area is 105 Å². The van der Waals surface area contributed by atoms with Gasteiger partial charge in [-0.2, -0.15) is 5.26 Å². The summed E-state index contributed by atoms with van der Waals surface area (Å²) >= 11 is 1.41. The van der Waals surface area contributed by atoms with Crippen LogP contribution in [-0.2, 0) is 15.3 Å². The predicted octanol–water partition coefficient (Wildman–Crippen LogP) is 2.89. The van der Waals surface area contributed by atoms with E-state index in [0.29, 0.717) is 0 Å². The molecule has 0 atom stereocenters. The zero-order chi connectivity index (χ0) is 12.5. The number of esters is 1. The summed E-state index contributed by atoms with van der Waals surface area (Å²) in [6.07, 6.45) is 0. The van der Waals surface area contributed by atoms with Crippen molar-refractivity contribution in [2.45, 2.75) is 12.7 Å². The minimum absolute atomic E-state index is 0.0489. The quantitative estimate of drug-likeness (QED) is 0.456. The fourth-order valence-corrected chi connectivity index (χ4v) is 1.91. The van der Waals surface area contributed by atoms with Gasteiger partial charge in [-0.3, -0.25) is 0 Å². The molecule has 0 aliphatic rings. The van der Waals surface area contributed by atoms with E-state index in [-0.39, 0.29) is 12.2 Å². The number of hydrogen-bond acceptors (Lipinski definition) is 4. The lowest BCUT2D eigenvalue weighted by Crippen LogP contribution is -2.05. The summed E-state index contributed by atoms with van der Waals surface area (Å²) in [5.74, 6) is 0.168. The number of nitrogens with zero attached hydrogens (tertiary/aromatic N) is 1. The maximum Gasteiger partial charge on any atom is 0.349 e. The summed E-state index contributed by atoms with van der Waals surface area (Å²) in [5, 5.41) is 10.3. The molecule has 0 unspecified atom stereocenters. The Hall–Kier alpha value is -1.73. The molecule has 0 amide bonds. The summed E-state index contributed by atoms with van der Waals surface area (Å²) in [4.78, 5) is 11.3. The van der Waals surface area contributed by atoms with Crippen LogP contribution in [0.3, 0.4) is 0 Å². The van der Waals surface area contributed by atoms with Gasteiger partial charge in [0.1, 0.15) is 11.6 Å². The van der Waals surface area contributed by atoms with Crippen molar-refractivity contribution < 1.29 is 9.53 Å². The van der Waals surface area contributed by atoms with Crippen molar-refractivity contribution in [3.63, 3.8) is 0 Å². The van der Waals surface area contributed by atoms with Gasteiger partial charge in [0.25, 0.3) is 0 Å². The van der Waals surface area contributed by atoms with Crippen LogP contribution in [0, 0.1) is 11.3 Å². The van der Waals surface area contributed by atoms with Gasteiger partial charge in [0, 0.05) is 5.75 Å². The van der Waals surface area contributed by atoms with E-state index in [1.165, 1.54) is 11.8 Å². The molecule has 0 saturated heterocycles. The maximum atomic E-state index is 11.3. The van der Waals surface area contributed by atoms with E-state index in [0.717, 1.165) is 11.3 Å². The van der Waals surface area contributed by atoms with E-state index in [9.17, 15) is 4.79 Å². The van der Waals surface area contributed by atoms with E-state index < -0.39 is 5.97 Å². The van der Waals surface area contributed by atoms with Crippen molar-refractivity contribution >= 4 is 17.7 Å². The Bertz CT molecular complexity index is 434. The van der Waals surface area contributed by atoms with E-state index in [4.69, 9.17) is 10.00 Å². The molecular formula is C13H13NO2S. The number of nitriles is 1. The topological polar surface area (TPSA) is 50.1 Å². The summed E-state index contributed by atoms with van der Waals surface area (Å²) in [6, 6.07) is 11.7. The molecule has 4 heteroatoms. The minimum atomic E-state index is -0.560. The zero-order valence-corrected chi connectivity index (χ0v) is 10.4. The highest BCUT2D eigenvalue weighted by molar-refractivity contribution is 8.01. The predicted molar refractivity (Wildman–Crippen MR) is 68.1 cm³/mol. The Morgan fingerprint density at radius 1 is 1.47 bits per heavy atom. The molecule has 1 aromatic rings. The van der Waals surface area contributed by atoms with Crippen molar-refractivity contribution in [2.24, 2.45) is 0 Å². The Kier molecular flexibility index (Phi) is 5.91. The first-order valence-electron chi connectivity index (χ1n) is 5.20. The third-order valence-electron chi connectivity index (χ3n) is 1.91. The van der Waals surface area contributed by atoms with Crippen LogP contribution in [-0.4, -0.2) is 12.6 Å². The monoisotopic (exact) mass is 247 g/mol. The molecule has 3 nitrogen and oxygen atoms in total. The van der Waals surface area contributed by atoms with E-state index in [1.54, 1.807) is 12.3 Å². The zero-order valence-electron chi connectivity index (χ0n) is 9.55. The van der Waals surface area contributed by atoms with Crippen LogP contribution in [0.25, 0.3) is 0 Å². The minimum Gasteiger partial charge on any atom is -0.462 e. The highest BCUT2D eigenvalue weighted by Crippen LogP contribution is 2.15. The van der Waals surface area contributed by atoms with Crippen LogP contribution < -0.4 is 0 Å². The van der Waals surface area contributed by atoms with Gasteiger partial charge in [-0.25, -0.2) is 4.79 Å². The van der Waals surface area contributed by atoms with Crippen molar-refractivity contribution in [1.82, 2.24) is 0 Å². The van der Waals surface area contributed by atoms with Crippen LogP contribution in [0.1, 0.15) is 12.5 Å². The summed E-state index contributed by atoms with van der Waals surface area (Å²) in [6.45, 7) is 1.99. The second-order valence-electron chi connectivity index (χ2n) is 3.16. The fourth-order valence-electron chi connectivity index (χ4n) is 1.12. The smallest absolute Gasteiger partial charge is 0.349 e. The standard InChI is InChI=1S/C13H13NO2S/c1-2-16-13(15)12(8-14)10-17-9-11-6-4-3-5-7-11/h3-7,10H,2,9H2,1H3. The Morgan fingerprint density at radius 2 is 2.18 bits per heavy atom. The molecule has 0 N–H and O–H groups in total. The van der Waals surface area contributed by atoms with Gasteiger partial charge >= 0.3 is 5.97 Å². The number of carbonyl (C=O) groups excluding carboxylic acids is 1. The van der Waals surface area contributed by atoms with Crippen molar-refractivity contribution in [2.75, 3.05) is 6.61 Å². The number of rotatable bonds is 5. The average Bonchev–Trinajstić information content (AvgIpc) is 2.36. The molecule has 17 heavy (non-hydrogen) atoms. The lowest BCUT2D eigenvalue weighted by atomic mass is 10.2. The highest BCUT2D eigenvalue weighted by atomic mass is 32.2. The van der Waals surface area contributed by atoms with E-state index in [2.05, 4.69) is 0 Å². The first kappa shape index (κ1) is 13.3. The molecule has 1 aromatic carbocycles. The van der Waals surface area contributed by atoms with Gasteiger partial charge in [0.05, 0.1) is 6.61 Å². The molecule has 0 aliphatic carbocycles. The summed E-state index contributed by atoms with van der Waals surface area (Å²) < 4.78 is 4.75. The van der Waals surface area contributed by atoms with Gasteiger partial charge in [-0.15, -0.1) is 11.8 Å². The van der Waals surface area contributed by atoms with Crippen LogP contribution in [0.2, 0.25) is 0 Å². The van der Waals surface area contributed by atoms with Gasteiger partial charge in [0.2, 0.25) is 0 Å². The molecule has 0 spiro atoms. The highest BCUT2D eigenvalue weighted by Gasteiger charge is 2.08. The van der Waals surface area contributed by atoms with Gasteiger partial charge in [-0.05, 0) is 17.9 Å². The molecule has 1 rings (SSSR count). The third-order valence-corrected chi connectivity index (χ3v) is 2.81. The normalized spacial score (nSPS) is 10.7. The Balaban J connectivity index is 2.52.